The van der Waals surface area contributed by atoms with E-state index in [2.05, 4.69) is 15.2 Å². The lowest BCUT2D eigenvalue weighted by Crippen LogP contribution is -2.48. The highest BCUT2D eigenvalue weighted by Crippen LogP contribution is 2.37. The fraction of sp³-hybridized carbons (Fsp3) is 0.333. The van der Waals surface area contributed by atoms with E-state index in [0.717, 1.165) is 11.8 Å². The molecule has 1 aliphatic rings. The Morgan fingerprint density at radius 3 is 2.46 bits per heavy atom. The van der Waals surface area contributed by atoms with Crippen LogP contribution in [0.5, 0.6) is 0 Å². The normalized spacial score (nSPS) is 15.9. The van der Waals surface area contributed by atoms with Crippen LogP contribution in [0.4, 0.5) is 20.2 Å². The number of carbonyl (C=O) groups is 1. The molecule has 0 saturated carbocycles. The van der Waals surface area contributed by atoms with Gasteiger partial charge in [0.05, 0.1) is 28.8 Å². The number of carbonyl (C=O) groups excluding carboxylic acids is 1. The fourth-order valence-corrected chi connectivity index (χ4v) is 5.08. The van der Waals surface area contributed by atoms with E-state index >= 15 is 0 Å². The molecular formula is C27H28F2N8O4. The molecule has 12 nitrogen and oxygen atoms in total. The quantitative estimate of drug-likeness (QED) is 0.254. The first-order valence-electron chi connectivity index (χ1n) is 12.9. The summed E-state index contributed by atoms with van der Waals surface area (Å²) in [5.41, 5.74) is -0.462. The van der Waals surface area contributed by atoms with Crippen LogP contribution in [0.15, 0.2) is 61.3 Å². The van der Waals surface area contributed by atoms with Crippen LogP contribution in [0, 0.1) is 28.7 Å². The van der Waals surface area contributed by atoms with Crippen molar-refractivity contribution in [2.75, 3.05) is 31.1 Å². The monoisotopic (exact) mass is 566 g/mol. The molecule has 2 atom stereocenters. The molecule has 0 bridgehead atoms. The van der Waals surface area contributed by atoms with Crippen LogP contribution in [-0.2, 0) is 12.1 Å². The molecule has 214 valence electrons. The molecule has 4 aromatic rings. The Balaban J connectivity index is 1.35. The van der Waals surface area contributed by atoms with Crippen LogP contribution in [0.25, 0.3) is 0 Å². The van der Waals surface area contributed by atoms with Crippen LogP contribution in [0.2, 0.25) is 0 Å². The number of nitrogens with zero attached hydrogens (tertiary/aromatic N) is 8. The van der Waals surface area contributed by atoms with Gasteiger partial charge in [-0.15, -0.1) is 0 Å². The van der Waals surface area contributed by atoms with Gasteiger partial charge in [-0.05, 0) is 32.0 Å². The lowest BCUT2D eigenvalue weighted by molar-refractivity contribution is -0.384. The number of hydrogen-bond acceptors (Lipinski definition) is 8. The van der Waals surface area contributed by atoms with E-state index in [4.69, 9.17) is 0 Å². The average Bonchev–Trinajstić information content (AvgIpc) is 3.61. The van der Waals surface area contributed by atoms with Gasteiger partial charge in [0.15, 0.2) is 0 Å². The zero-order valence-corrected chi connectivity index (χ0v) is 22.4. The van der Waals surface area contributed by atoms with Crippen molar-refractivity contribution in [1.82, 2.24) is 29.4 Å². The Kier molecular flexibility index (Phi) is 7.49. The Morgan fingerprint density at radius 1 is 1.15 bits per heavy atom. The molecule has 41 heavy (non-hydrogen) atoms. The zero-order valence-electron chi connectivity index (χ0n) is 22.4. The molecule has 1 aliphatic heterocycles. The van der Waals surface area contributed by atoms with Crippen molar-refractivity contribution in [2.24, 2.45) is 0 Å². The van der Waals surface area contributed by atoms with Gasteiger partial charge >= 0.3 is 0 Å². The van der Waals surface area contributed by atoms with Gasteiger partial charge in [0.1, 0.15) is 29.9 Å². The van der Waals surface area contributed by atoms with E-state index in [9.17, 15) is 28.8 Å². The molecule has 3 heterocycles. The predicted octanol–water partition coefficient (Wildman–Crippen LogP) is 3.08. The first-order valence-corrected chi connectivity index (χ1v) is 12.9. The van der Waals surface area contributed by atoms with Gasteiger partial charge < -0.3 is 14.9 Å². The number of rotatable bonds is 8. The van der Waals surface area contributed by atoms with Crippen molar-refractivity contribution in [2.45, 2.75) is 32.0 Å². The standard InChI is InChI=1S/C27H28F2N8O4/c1-18-23(26(38)34-11-9-33(10-12-34)21-4-6-22(7-5-21)37(40)41)14-36(32-18)19(2)27(39,15-35-17-30-16-31-35)24-8-3-20(28)13-25(24)29/h3-8,13-14,16-17,19,39H,9-12,15H2,1-2H3/t19-,27-/m1/s1. The highest BCUT2D eigenvalue weighted by Gasteiger charge is 2.41. The zero-order chi connectivity index (χ0) is 29.3. The largest absolute Gasteiger partial charge is 0.381 e. The lowest BCUT2D eigenvalue weighted by Gasteiger charge is -2.36. The molecule has 0 aliphatic carbocycles. The van der Waals surface area contributed by atoms with Gasteiger partial charge in [0.2, 0.25) is 0 Å². The molecule has 2 aromatic carbocycles. The summed E-state index contributed by atoms with van der Waals surface area (Å²) in [5, 5.41) is 31.3. The van der Waals surface area contributed by atoms with E-state index in [0.29, 0.717) is 43.5 Å². The van der Waals surface area contributed by atoms with E-state index in [1.54, 1.807) is 30.9 Å². The number of nitro benzene ring substituents is 1. The Morgan fingerprint density at radius 2 is 1.85 bits per heavy atom. The summed E-state index contributed by atoms with van der Waals surface area (Å²) in [5.74, 6) is -1.94. The second kappa shape index (κ2) is 11.0. The van der Waals surface area contributed by atoms with Crippen LogP contribution >= 0.6 is 0 Å². The third-order valence-electron chi connectivity index (χ3n) is 7.49. The van der Waals surface area contributed by atoms with E-state index in [1.807, 2.05) is 4.90 Å². The maximum absolute atomic E-state index is 14.9. The summed E-state index contributed by atoms with van der Waals surface area (Å²) >= 11 is 0. The van der Waals surface area contributed by atoms with Gasteiger partial charge in [-0.25, -0.2) is 18.4 Å². The minimum atomic E-state index is -1.93. The molecule has 0 spiro atoms. The first kappa shape index (κ1) is 27.8. The number of aliphatic hydroxyl groups is 1. The van der Waals surface area contributed by atoms with E-state index in [-0.39, 0.29) is 23.7 Å². The Hall–Kier alpha value is -4.72. The molecule has 14 heteroatoms. The fourth-order valence-electron chi connectivity index (χ4n) is 5.08. The molecule has 0 radical (unpaired) electrons. The van der Waals surface area contributed by atoms with Crippen molar-refractivity contribution >= 4 is 17.3 Å². The molecule has 0 unspecified atom stereocenters. The third kappa shape index (κ3) is 5.50. The topological polar surface area (TPSA) is 135 Å². The van der Waals surface area contributed by atoms with Crippen molar-refractivity contribution in [3.05, 3.63) is 99.9 Å². The summed E-state index contributed by atoms with van der Waals surface area (Å²) in [7, 11) is 0. The SMILES string of the molecule is Cc1nn([C@H](C)[C@](O)(Cn2cncn2)c2ccc(F)cc2F)cc1C(=O)N1CCN(c2ccc([N+](=O)[O-])cc2)CC1. The van der Waals surface area contributed by atoms with Crippen LogP contribution in [-0.4, -0.2) is 71.6 Å². The van der Waals surface area contributed by atoms with Crippen molar-refractivity contribution in [3.63, 3.8) is 0 Å². The number of anilines is 1. The molecule has 2 aromatic heterocycles. The van der Waals surface area contributed by atoms with Gasteiger partial charge in [-0.2, -0.15) is 10.2 Å². The molecular weight excluding hydrogens is 538 g/mol. The van der Waals surface area contributed by atoms with Gasteiger partial charge in [-0.1, -0.05) is 6.07 Å². The number of halogens is 2. The van der Waals surface area contributed by atoms with Crippen molar-refractivity contribution in [1.29, 1.82) is 0 Å². The molecule has 1 amide bonds. The van der Waals surface area contributed by atoms with Crippen molar-refractivity contribution < 1.29 is 23.6 Å². The second-order valence-corrected chi connectivity index (χ2v) is 9.98. The minimum Gasteiger partial charge on any atom is -0.381 e. The highest BCUT2D eigenvalue weighted by molar-refractivity contribution is 5.95. The minimum absolute atomic E-state index is 0.0135. The number of aryl methyl sites for hydroxylation is 1. The number of piperazine rings is 1. The molecule has 5 rings (SSSR count). The van der Waals surface area contributed by atoms with Crippen LogP contribution in [0.1, 0.15) is 34.6 Å². The summed E-state index contributed by atoms with van der Waals surface area (Å²) in [4.78, 5) is 31.6. The van der Waals surface area contributed by atoms with Crippen LogP contribution < -0.4 is 4.90 Å². The van der Waals surface area contributed by atoms with Gasteiger partial charge in [0.25, 0.3) is 11.6 Å². The number of hydrogen-bond donors (Lipinski definition) is 1. The number of aromatic nitrogens is 5. The van der Waals surface area contributed by atoms with E-state index in [1.165, 1.54) is 46.4 Å². The summed E-state index contributed by atoms with van der Waals surface area (Å²) < 4.78 is 31.4. The second-order valence-electron chi connectivity index (χ2n) is 9.98. The Labute approximate surface area is 233 Å². The smallest absolute Gasteiger partial charge is 0.269 e. The summed E-state index contributed by atoms with van der Waals surface area (Å²) in [6.07, 6.45) is 4.18. The summed E-state index contributed by atoms with van der Waals surface area (Å²) in [6, 6.07) is 8.34. The molecule has 1 N–H and O–H groups in total. The van der Waals surface area contributed by atoms with Crippen LogP contribution in [0.3, 0.4) is 0 Å². The predicted molar refractivity (Wildman–Crippen MR) is 143 cm³/mol. The third-order valence-corrected chi connectivity index (χ3v) is 7.49. The summed E-state index contributed by atoms with van der Waals surface area (Å²) in [6.45, 7) is 5.02. The number of non-ortho nitro benzene ring substituents is 1. The molecule has 1 fully saturated rings. The number of benzene rings is 2. The Bertz CT molecular complexity index is 1550. The molecule has 1 saturated heterocycles. The first-order chi connectivity index (χ1) is 19.6. The van der Waals surface area contributed by atoms with E-state index < -0.39 is 28.2 Å². The van der Waals surface area contributed by atoms with Crippen molar-refractivity contribution in [3.8, 4) is 0 Å². The average molecular weight is 567 g/mol. The number of nitro groups is 1. The number of amides is 1. The lowest BCUT2D eigenvalue weighted by atomic mass is 9.86. The maximum Gasteiger partial charge on any atom is 0.269 e. The van der Waals surface area contributed by atoms with Gasteiger partial charge in [0, 0.05) is 61.8 Å². The maximum atomic E-state index is 14.9. The highest BCUT2D eigenvalue weighted by atomic mass is 19.1. The van der Waals surface area contributed by atoms with Gasteiger partial charge in [-0.3, -0.25) is 19.6 Å².